The maximum absolute atomic E-state index is 12.7. The van der Waals surface area contributed by atoms with Crippen molar-refractivity contribution in [3.8, 4) is 17.6 Å². The number of nitriles is 1. The maximum atomic E-state index is 12.7. The van der Waals surface area contributed by atoms with Crippen molar-refractivity contribution in [2.24, 2.45) is 0 Å². The Morgan fingerprint density at radius 3 is 2.59 bits per heavy atom. The number of nitrogens with one attached hydrogen (secondary N) is 1. The molecule has 0 heterocycles. The number of aryl methyl sites for hydroxylation is 1. The van der Waals surface area contributed by atoms with Gasteiger partial charge in [0, 0.05) is 6.07 Å². The smallest absolute Gasteiger partial charge is 0.293 e. The number of halogens is 1. The van der Waals surface area contributed by atoms with Crippen LogP contribution in [0.2, 0.25) is 0 Å². The Morgan fingerprint density at radius 1 is 1.21 bits per heavy atom. The van der Waals surface area contributed by atoms with Crippen LogP contribution in [0.1, 0.15) is 16.7 Å². The Morgan fingerprint density at radius 2 is 1.94 bits per heavy atom. The van der Waals surface area contributed by atoms with E-state index in [1.165, 1.54) is 25.3 Å². The van der Waals surface area contributed by atoms with E-state index >= 15 is 0 Å². The first-order chi connectivity index (χ1) is 16.3. The van der Waals surface area contributed by atoms with Crippen LogP contribution in [0.25, 0.3) is 6.08 Å². The fourth-order valence-electron chi connectivity index (χ4n) is 3.10. The number of rotatable bonds is 8. The first-order valence-electron chi connectivity index (χ1n) is 10.0. The summed E-state index contributed by atoms with van der Waals surface area (Å²) in [5, 5.41) is 23.3. The molecule has 0 saturated carbocycles. The third-order valence-electron chi connectivity index (χ3n) is 4.75. The van der Waals surface area contributed by atoms with Crippen molar-refractivity contribution in [2.45, 2.75) is 13.5 Å². The SMILES string of the molecule is COc1cc(/C=C(\C#N)C(=O)Nc2ccc(C)cc2[N+](=O)[O-])cc(Br)c1OCc1ccccc1. The van der Waals surface area contributed by atoms with Crippen LogP contribution < -0.4 is 14.8 Å². The maximum Gasteiger partial charge on any atom is 0.293 e. The number of methoxy groups -OCH3 is 1. The minimum Gasteiger partial charge on any atom is -0.493 e. The van der Waals surface area contributed by atoms with Crippen LogP contribution in [0, 0.1) is 28.4 Å². The summed E-state index contributed by atoms with van der Waals surface area (Å²) in [5.74, 6) is 0.110. The van der Waals surface area contributed by atoms with Gasteiger partial charge in [0.2, 0.25) is 0 Å². The molecule has 0 aliphatic heterocycles. The van der Waals surface area contributed by atoms with Gasteiger partial charge < -0.3 is 14.8 Å². The Labute approximate surface area is 204 Å². The van der Waals surface area contributed by atoms with Crippen molar-refractivity contribution in [1.29, 1.82) is 5.26 Å². The van der Waals surface area contributed by atoms with Gasteiger partial charge in [-0.05, 0) is 63.8 Å². The van der Waals surface area contributed by atoms with Gasteiger partial charge in [0.05, 0.1) is 16.5 Å². The van der Waals surface area contributed by atoms with Crippen molar-refractivity contribution in [1.82, 2.24) is 0 Å². The average molecular weight is 522 g/mol. The highest BCUT2D eigenvalue weighted by Gasteiger charge is 2.19. The zero-order chi connectivity index (χ0) is 24.7. The Balaban J connectivity index is 1.85. The normalized spacial score (nSPS) is 10.8. The molecule has 0 fully saturated rings. The fourth-order valence-corrected chi connectivity index (χ4v) is 3.67. The van der Waals surface area contributed by atoms with Crippen molar-refractivity contribution >= 4 is 39.3 Å². The summed E-state index contributed by atoms with van der Waals surface area (Å²) >= 11 is 3.45. The summed E-state index contributed by atoms with van der Waals surface area (Å²) in [7, 11) is 1.49. The molecule has 1 N–H and O–H groups in total. The summed E-state index contributed by atoms with van der Waals surface area (Å²) in [5.41, 5.74) is 1.67. The summed E-state index contributed by atoms with van der Waals surface area (Å²) in [6.45, 7) is 2.03. The molecule has 0 aromatic heterocycles. The van der Waals surface area contributed by atoms with Crippen LogP contribution in [0.4, 0.5) is 11.4 Å². The Hall–Kier alpha value is -4.16. The molecule has 0 radical (unpaired) electrons. The van der Waals surface area contributed by atoms with Gasteiger partial charge in [-0.15, -0.1) is 0 Å². The molecule has 3 aromatic rings. The average Bonchev–Trinajstić information content (AvgIpc) is 2.83. The molecule has 0 unspecified atom stereocenters. The van der Waals surface area contributed by atoms with Gasteiger partial charge >= 0.3 is 0 Å². The molecule has 3 rings (SSSR count). The Kier molecular flexibility index (Phi) is 8.01. The third-order valence-corrected chi connectivity index (χ3v) is 5.34. The van der Waals surface area contributed by atoms with Gasteiger partial charge in [0.15, 0.2) is 11.5 Å². The number of amides is 1. The quantitative estimate of drug-likeness (QED) is 0.173. The first kappa shape index (κ1) is 24.5. The number of benzene rings is 3. The van der Waals surface area contributed by atoms with Gasteiger partial charge in [0.1, 0.15) is 23.9 Å². The first-order valence-corrected chi connectivity index (χ1v) is 10.8. The molecule has 0 spiro atoms. The molecule has 0 aliphatic rings. The molecule has 0 atom stereocenters. The van der Waals surface area contributed by atoms with Crippen molar-refractivity contribution in [3.63, 3.8) is 0 Å². The van der Waals surface area contributed by atoms with Crippen molar-refractivity contribution < 1.29 is 19.2 Å². The third kappa shape index (κ3) is 5.99. The summed E-state index contributed by atoms with van der Waals surface area (Å²) < 4.78 is 11.9. The van der Waals surface area contributed by atoms with Crippen molar-refractivity contribution in [2.75, 3.05) is 12.4 Å². The largest absolute Gasteiger partial charge is 0.493 e. The van der Waals surface area contributed by atoms with E-state index in [0.717, 1.165) is 5.56 Å². The summed E-state index contributed by atoms with van der Waals surface area (Å²) in [6, 6.07) is 19.2. The minimum atomic E-state index is -0.769. The Bertz CT molecular complexity index is 1300. The number of anilines is 1. The second kappa shape index (κ2) is 11.1. The predicted octanol–water partition coefficient (Wildman–Crippen LogP) is 5.80. The highest BCUT2D eigenvalue weighted by molar-refractivity contribution is 9.10. The van der Waals surface area contributed by atoms with Crippen molar-refractivity contribution in [3.05, 3.63) is 97.5 Å². The molecule has 172 valence electrons. The number of ether oxygens (including phenoxy) is 2. The molecule has 3 aromatic carbocycles. The number of nitro groups is 1. The van der Waals surface area contributed by atoms with E-state index in [1.807, 2.05) is 36.4 Å². The van der Waals surface area contributed by atoms with E-state index in [-0.39, 0.29) is 16.9 Å². The highest BCUT2D eigenvalue weighted by Crippen LogP contribution is 2.38. The number of hydrogen-bond acceptors (Lipinski definition) is 6. The van der Waals surface area contributed by atoms with Crippen LogP contribution in [0.15, 0.2) is 70.7 Å². The molecule has 0 bridgehead atoms. The topological polar surface area (TPSA) is 114 Å². The molecule has 34 heavy (non-hydrogen) atoms. The lowest BCUT2D eigenvalue weighted by Gasteiger charge is -2.14. The minimum absolute atomic E-state index is 0.00479. The van der Waals surface area contributed by atoms with Crippen LogP contribution in [0.5, 0.6) is 11.5 Å². The zero-order valence-electron chi connectivity index (χ0n) is 18.4. The summed E-state index contributed by atoms with van der Waals surface area (Å²) in [4.78, 5) is 23.4. The van der Waals surface area contributed by atoms with E-state index in [2.05, 4.69) is 21.2 Å². The second-order valence-corrected chi connectivity index (χ2v) is 8.06. The van der Waals surface area contributed by atoms with Gasteiger partial charge in [-0.25, -0.2) is 0 Å². The zero-order valence-corrected chi connectivity index (χ0v) is 20.0. The van der Waals surface area contributed by atoms with E-state index < -0.39 is 10.8 Å². The second-order valence-electron chi connectivity index (χ2n) is 7.21. The standard InChI is InChI=1S/C25H20BrN3O5/c1-16-8-9-21(22(10-16)29(31)32)28-25(30)19(14-27)11-18-12-20(26)24(23(13-18)33-2)34-15-17-6-4-3-5-7-17/h3-13H,15H2,1-2H3,(H,28,30)/b19-11+. The molecule has 0 saturated heterocycles. The lowest BCUT2D eigenvalue weighted by Crippen LogP contribution is -2.14. The molecule has 0 aliphatic carbocycles. The van der Waals surface area contributed by atoms with Crippen LogP contribution in [-0.4, -0.2) is 17.9 Å². The fraction of sp³-hybridized carbons (Fsp3) is 0.120. The predicted molar refractivity (Wildman–Crippen MR) is 132 cm³/mol. The molecule has 9 heteroatoms. The van der Waals surface area contributed by atoms with Crippen LogP contribution in [-0.2, 0) is 11.4 Å². The van der Waals surface area contributed by atoms with E-state index in [4.69, 9.17) is 9.47 Å². The number of nitrogens with zero attached hydrogens (tertiary/aromatic N) is 2. The van der Waals surface area contributed by atoms with E-state index in [1.54, 1.807) is 25.1 Å². The lowest BCUT2D eigenvalue weighted by atomic mass is 10.1. The number of carbonyl (C=O) groups is 1. The number of nitro benzene ring substituents is 1. The highest BCUT2D eigenvalue weighted by atomic mass is 79.9. The van der Waals surface area contributed by atoms with E-state index in [9.17, 15) is 20.2 Å². The summed E-state index contributed by atoms with van der Waals surface area (Å²) in [6.07, 6.45) is 1.36. The molecular weight excluding hydrogens is 502 g/mol. The molecule has 1 amide bonds. The van der Waals surface area contributed by atoms with Gasteiger partial charge in [-0.3, -0.25) is 14.9 Å². The van der Waals surface area contributed by atoms with Crippen LogP contribution in [0.3, 0.4) is 0 Å². The number of carbonyl (C=O) groups excluding carboxylic acids is 1. The number of hydrogen-bond donors (Lipinski definition) is 1. The monoisotopic (exact) mass is 521 g/mol. The van der Waals surface area contributed by atoms with Gasteiger partial charge in [0.25, 0.3) is 11.6 Å². The molecule has 8 nitrogen and oxygen atoms in total. The molecular formula is C25H20BrN3O5. The van der Waals surface area contributed by atoms with E-state index in [0.29, 0.717) is 33.7 Å². The lowest BCUT2D eigenvalue weighted by molar-refractivity contribution is -0.384. The van der Waals surface area contributed by atoms with Crippen LogP contribution >= 0.6 is 15.9 Å². The van der Waals surface area contributed by atoms with Gasteiger partial charge in [-0.2, -0.15) is 5.26 Å². The van der Waals surface area contributed by atoms with Gasteiger partial charge in [-0.1, -0.05) is 36.4 Å².